The summed E-state index contributed by atoms with van der Waals surface area (Å²) >= 11 is 5.08. The maximum Gasteiger partial charge on any atom is 0.169 e. The van der Waals surface area contributed by atoms with Gasteiger partial charge in [-0.15, -0.1) is 34.0 Å². The fourth-order valence-electron chi connectivity index (χ4n) is 3.69. The van der Waals surface area contributed by atoms with Crippen molar-refractivity contribution < 1.29 is 13.3 Å². The maximum atomic E-state index is 6.43. The van der Waals surface area contributed by atoms with Crippen molar-refractivity contribution in [2.24, 2.45) is 0 Å². The minimum atomic E-state index is 0.812. The van der Waals surface area contributed by atoms with E-state index in [0.717, 1.165) is 61.7 Å². The molecule has 3 aromatic heterocycles. The number of hydrogen-bond donors (Lipinski definition) is 0. The van der Waals surface area contributed by atoms with E-state index in [9.17, 15) is 0 Å². The van der Waals surface area contributed by atoms with Crippen molar-refractivity contribution in [3.63, 3.8) is 0 Å². The third kappa shape index (κ3) is 2.35. The van der Waals surface area contributed by atoms with Crippen LogP contribution in [0.25, 0.3) is 61.7 Å². The van der Waals surface area contributed by atoms with Crippen LogP contribution in [0.5, 0.6) is 0 Å². The zero-order valence-electron chi connectivity index (χ0n) is 15.4. The highest BCUT2D eigenvalue weighted by molar-refractivity contribution is 7.30. The Hall–Kier alpha value is -3.06. The summed E-state index contributed by atoms with van der Waals surface area (Å²) in [6.45, 7) is 0. The Bertz CT molecular complexity index is 1440. The molecule has 0 aliphatic heterocycles. The second-order valence-electron chi connectivity index (χ2n) is 6.93. The largest absolute Gasteiger partial charge is 0.453 e. The van der Waals surface area contributed by atoms with Crippen molar-refractivity contribution in [2.45, 2.75) is 0 Å². The third-order valence-corrected chi connectivity index (χ3v) is 8.45. The number of rotatable bonds is 0. The summed E-state index contributed by atoms with van der Waals surface area (Å²) in [5.74, 6) is 0. The Morgan fingerprint density at radius 2 is 0.700 bits per heavy atom. The summed E-state index contributed by atoms with van der Waals surface area (Å²) in [6, 6.07) is 24.3. The van der Waals surface area contributed by atoms with Gasteiger partial charge in [-0.3, -0.25) is 0 Å². The molecule has 3 heterocycles. The van der Waals surface area contributed by atoms with Crippen LogP contribution in [0.2, 0.25) is 0 Å². The van der Waals surface area contributed by atoms with Crippen LogP contribution in [0.15, 0.2) is 86.0 Å². The molecule has 0 radical (unpaired) electrons. The van der Waals surface area contributed by atoms with Crippen LogP contribution in [0.4, 0.5) is 0 Å². The van der Waals surface area contributed by atoms with Gasteiger partial charge in [0.05, 0.1) is 14.1 Å². The standard InChI is InChI=1S/C24H12O3S3/c1-4-10-16-13(7-1)25-19-22(28-16)20-24(30-18-12-6-3-9-15(18)26-20)21-23(19)29-17-11-5-2-8-14(17)27-21/h1-12H. The van der Waals surface area contributed by atoms with Gasteiger partial charge < -0.3 is 13.3 Å². The van der Waals surface area contributed by atoms with Gasteiger partial charge in [0.1, 0.15) is 30.8 Å². The minimum absolute atomic E-state index is 0.812. The molecule has 30 heavy (non-hydrogen) atoms. The molecule has 7 aromatic rings. The lowest BCUT2D eigenvalue weighted by molar-refractivity contribution is 0.647. The van der Waals surface area contributed by atoms with E-state index in [2.05, 4.69) is 18.2 Å². The Kier molecular flexibility index (Phi) is 3.46. The summed E-state index contributed by atoms with van der Waals surface area (Å²) in [5, 5.41) is 0. The smallest absolute Gasteiger partial charge is 0.169 e. The van der Waals surface area contributed by atoms with Gasteiger partial charge in [-0.25, -0.2) is 0 Å². The lowest BCUT2D eigenvalue weighted by atomic mass is 10.3. The van der Waals surface area contributed by atoms with Gasteiger partial charge in [-0.1, -0.05) is 36.4 Å². The van der Waals surface area contributed by atoms with Gasteiger partial charge in [-0.05, 0) is 36.4 Å². The molecule has 0 fully saturated rings. The van der Waals surface area contributed by atoms with E-state index in [0.29, 0.717) is 0 Å². The first-order chi connectivity index (χ1) is 14.8. The number of benzene rings is 4. The average Bonchev–Trinajstić information content (AvgIpc) is 2.81. The second kappa shape index (κ2) is 6.22. The Balaban J connectivity index is 1.82. The quantitative estimate of drug-likeness (QED) is 0.173. The normalized spacial score (nSPS) is 12.0. The molecule has 0 amide bonds. The molecule has 0 N–H and O–H groups in total. The molecule has 0 atom stereocenters. The van der Waals surface area contributed by atoms with Crippen molar-refractivity contribution in [1.29, 1.82) is 0 Å². The molecule has 0 unspecified atom stereocenters. The van der Waals surface area contributed by atoms with Gasteiger partial charge in [0.15, 0.2) is 16.7 Å². The highest BCUT2D eigenvalue weighted by Gasteiger charge is 2.19. The minimum Gasteiger partial charge on any atom is -0.453 e. The SMILES string of the molecule is c1ccc2sc3c4oc5ccccc5sc4c4oc5ccccc5sc4c3oc2c1. The zero-order valence-corrected chi connectivity index (χ0v) is 17.8. The van der Waals surface area contributed by atoms with Gasteiger partial charge >= 0.3 is 0 Å². The Labute approximate surface area is 181 Å². The van der Waals surface area contributed by atoms with Crippen molar-refractivity contribution in [2.75, 3.05) is 0 Å². The first-order valence-corrected chi connectivity index (χ1v) is 11.9. The molecule has 6 heteroatoms. The number of hydrogen-bond acceptors (Lipinski definition) is 6. The van der Waals surface area contributed by atoms with Crippen LogP contribution in [0, 0.1) is 0 Å². The van der Waals surface area contributed by atoms with E-state index >= 15 is 0 Å². The Morgan fingerprint density at radius 1 is 0.400 bits per heavy atom. The molecule has 0 saturated carbocycles. The first kappa shape index (κ1) is 16.7. The van der Waals surface area contributed by atoms with Crippen LogP contribution in [-0.4, -0.2) is 0 Å². The van der Waals surface area contributed by atoms with Crippen LogP contribution in [0.3, 0.4) is 0 Å². The molecule has 0 saturated heterocycles. The van der Waals surface area contributed by atoms with E-state index in [1.165, 1.54) is 0 Å². The molecule has 0 aliphatic rings. The summed E-state index contributed by atoms with van der Waals surface area (Å²) in [4.78, 5) is 0. The fraction of sp³-hybridized carbons (Fsp3) is 0. The lowest BCUT2D eigenvalue weighted by Crippen LogP contribution is -1.82. The van der Waals surface area contributed by atoms with Crippen molar-refractivity contribution in [3.8, 4) is 0 Å². The monoisotopic (exact) mass is 444 g/mol. The van der Waals surface area contributed by atoms with Crippen LogP contribution in [-0.2, 0) is 0 Å². The molecule has 3 nitrogen and oxygen atoms in total. The molecule has 144 valence electrons. The Morgan fingerprint density at radius 3 is 1.03 bits per heavy atom. The van der Waals surface area contributed by atoms with Crippen LogP contribution >= 0.6 is 34.0 Å². The molecule has 0 aliphatic carbocycles. The highest BCUT2D eigenvalue weighted by Crippen LogP contribution is 2.45. The zero-order chi connectivity index (χ0) is 19.7. The fourth-order valence-corrected chi connectivity index (χ4v) is 7.03. The molecular weight excluding hydrogens is 432 g/mol. The van der Waals surface area contributed by atoms with Crippen LogP contribution in [0.1, 0.15) is 0 Å². The summed E-state index contributed by atoms with van der Waals surface area (Å²) in [6.07, 6.45) is 0. The van der Waals surface area contributed by atoms with E-state index < -0.39 is 0 Å². The lowest BCUT2D eigenvalue weighted by Gasteiger charge is -2.10. The third-order valence-electron chi connectivity index (χ3n) is 5.06. The summed E-state index contributed by atoms with van der Waals surface area (Å²) in [5.41, 5.74) is 5.02. The van der Waals surface area contributed by atoms with E-state index in [4.69, 9.17) is 13.3 Å². The molecule has 4 aromatic carbocycles. The van der Waals surface area contributed by atoms with Gasteiger partial charge in [0.2, 0.25) is 0 Å². The van der Waals surface area contributed by atoms with Crippen molar-refractivity contribution >= 4 is 95.7 Å². The maximum absolute atomic E-state index is 6.43. The average molecular weight is 445 g/mol. The molecule has 0 spiro atoms. The van der Waals surface area contributed by atoms with Gasteiger partial charge in [0, 0.05) is 0 Å². The van der Waals surface area contributed by atoms with Crippen molar-refractivity contribution in [1.82, 2.24) is 0 Å². The topological polar surface area (TPSA) is 39.4 Å². The van der Waals surface area contributed by atoms with Crippen molar-refractivity contribution in [3.05, 3.63) is 72.8 Å². The van der Waals surface area contributed by atoms with Crippen LogP contribution < -0.4 is 0 Å². The predicted molar refractivity (Wildman–Crippen MR) is 128 cm³/mol. The van der Waals surface area contributed by atoms with Gasteiger partial charge in [-0.2, -0.15) is 0 Å². The first-order valence-electron chi connectivity index (χ1n) is 9.43. The summed E-state index contributed by atoms with van der Waals surface area (Å²) in [7, 11) is 0. The van der Waals surface area contributed by atoms with E-state index in [1.54, 1.807) is 34.0 Å². The molecule has 0 bridgehead atoms. The molecule has 7 rings (SSSR count). The summed E-state index contributed by atoms with van der Waals surface area (Å²) < 4.78 is 25.6. The predicted octanol–water partition coefficient (Wildman–Crippen LogP) is 9.26. The van der Waals surface area contributed by atoms with E-state index in [-0.39, 0.29) is 0 Å². The molecular formula is C24H12O3S3. The van der Waals surface area contributed by atoms with Gasteiger partial charge in [0.25, 0.3) is 0 Å². The van der Waals surface area contributed by atoms with E-state index in [1.807, 2.05) is 54.6 Å². The number of fused-ring (bicyclic) bond motifs is 9. The number of para-hydroxylation sites is 3. The highest BCUT2D eigenvalue weighted by atomic mass is 32.1. The second-order valence-corrected chi connectivity index (χ2v) is 10.1.